The third-order valence-electron chi connectivity index (χ3n) is 11.5. The van der Waals surface area contributed by atoms with Crippen molar-refractivity contribution in [3.05, 3.63) is 194 Å². The number of thiophene rings is 1. The Bertz CT molecular complexity index is 3430. The van der Waals surface area contributed by atoms with Gasteiger partial charge in [-0.1, -0.05) is 133 Å². The fraction of sp³-hybridized carbons (Fsp3) is 0. The van der Waals surface area contributed by atoms with Crippen LogP contribution < -0.4 is 0 Å². The number of rotatable bonds is 4. The second-order valence-corrected chi connectivity index (χ2v) is 15.6. The number of aromatic nitrogens is 2. The molecule has 3 heterocycles. The highest BCUT2D eigenvalue weighted by Crippen LogP contribution is 2.43. The van der Waals surface area contributed by atoms with Crippen LogP contribution in [0.15, 0.2) is 194 Å². The molecule has 0 spiro atoms. The van der Waals surface area contributed by atoms with Crippen molar-refractivity contribution in [1.82, 2.24) is 9.13 Å². The second-order valence-electron chi connectivity index (χ2n) is 14.5. The predicted molar refractivity (Wildman–Crippen MR) is 236 cm³/mol. The standard InChI is InChI=1S/C52H32N2S/c1-2-11-35-30-39(27-22-33(35)10-1)54-49-29-24-36(34-20-25-38(26-21-34)53-47-17-6-3-12-41(47)42-13-4-7-18-48(42)53)31-46(49)43-28-23-37(32-50(43)54)40-15-9-16-45-44-14-5-8-19-51(44)55-52(40)45/h1-32H. The highest BCUT2D eigenvalue weighted by Gasteiger charge is 2.18. The van der Waals surface area contributed by atoms with Crippen LogP contribution in [0.25, 0.3) is 108 Å². The zero-order valence-electron chi connectivity index (χ0n) is 29.8. The first-order valence-corrected chi connectivity index (χ1v) is 19.7. The van der Waals surface area contributed by atoms with E-state index in [0.717, 1.165) is 5.69 Å². The van der Waals surface area contributed by atoms with E-state index < -0.39 is 0 Å². The van der Waals surface area contributed by atoms with Gasteiger partial charge in [0.2, 0.25) is 0 Å². The van der Waals surface area contributed by atoms with E-state index in [1.54, 1.807) is 0 Å². The topological polar surface area (TPSA) is 9.86 Å². The van der Waals surface area contributed by atoms with E-state index in [4.69, 9.17) is 0 Å². The van der Waals surface area contributed by atoms with Crippen molar-refractivity contribution < 1.29 is 0 Å². The van der Waals surface area contributed by atoms with E-state index in [0.29, 0.717) is 0 Å². The van der Waals surface area contributed by atoms with Gasteiger partial charge in [0.1, 0.15) is 0 Å². The Balaban J connectivity index is 1.04. The maximum Gasteiger partial charge on any atom is 0.0547 e. The van der Waals surface area contributed by atoms with Gasteiger partial charge >= 0.3 is 0 Å². The van der Waals surface area contributed by atoms with Crippen LogP contribution in [-0.2, 0) is 0 Å². The minimum Gasteiger partial charge on any atom is -0.309 e. The smallest absolute Gasteiger partial charge is 0.0547 e. The van der Waals surface area contributed by atoms with Gasteiger partial charge in [0.05, 0.1) is 22.1 Å². The number of fused-ring (bicyclic) bond motifs is 10. The fourth-order valence-electron chi connectivity index (χ4n) is 8.94. The van der Waals surface area contributed by atoms with Crippen molar-refractivity contribution >= 4 is 85.9 Å². The zero-order valence-corrected chi connectivity index (χ0v) is 30.6. The second kappa shape index (κ2) is 11.8. The van der Waals surface area contributed by atoms with Gasteiger partial charge < -0.3 is 9.13 Å². The molecule has 0 N–H and O–H groups in total. The molecular formula is C52H32N2S. The molecule has 0 saturated heterocycles. The van der Waals surface area contributed by atoms with Gasteiger partial charge in [-0.2, -0.15) is 0 Å². The summed E-state index contributed by atoms with van der Waals surface area (Å²) in [5.74, 6) is 0. The van der Waals surface area contributed by atoms with Crippen LogP contribution in [0.2, 0.25) is 0 Å². The van der Waals surface area contributed by atoms with Crippen molar-refractivity contribution in [2.24, 2.45) is 0 Å². The maximum absolute atomic E-state index is 2.46. The van der Waals surface area contributed by atoms with Gasteiger partial charge in [-0.25, -0.2) is 0 Å². The summed E-state index contributed by atoms with van der Waals surface area (Å²) in [5, 5.41) is 10.2. The molecule has 9 aromatic carbocycles. The van der Waals surface area contributed by atoms with Gasteiger partial charge in [-0.05, 0) is 93.7 Å². The van der Waals surface area contributed by atoms with E-state index in [1.165, 1.54) is 102 Å². The summed E-state index contributed by atoms with van der Waals surface area (Å²) >= 11 is 1.89. The lowest BCUT2D eigenvalue weighted by molar-refractivity contribution is 1.18. The molecule has 0 atom stereocenters. The molecule has 0 aliphatic carbocycles. The van der Waals surface area contributed by atoms with Crippen LogP contribution in [0.1, 0.15) is 0 Å². The first-order chi connectivity index (χ1) is 27.3. The average Bonchev–Trinajstić information content (AvgIpc) is 3.91. The SMILES string of the molecule is c1ccc2cc(-n3c4ccc(-c5ccc(-n6c7ccccc7c7ccccc76)cc5)cc4c4ccc(-c5cccc6c5sc5ccccc56)cc43)ccc2c1. The van der Waals surface area contributed by atoms with Crippen molar-refractivity contribution in [2.75, 3.05) is 0 Å². The van der Waals surface area contributed by atoms with Crippen LogP contribution in [-0.4, -0.2) is 9.13 Å². The Morgan fingerprint density at radius 2 is 0.909 bits per heavy atom. The van der Waals surface area contributed by atoms with Crippen molar-refractivity contribution in [3.63, 3.8) is 0 Å². The molecule has 3 aromatic heterocycles. The van der Waals surface area contributed by atoms with Crippen molar-refractivity contribution in [1.29, 1.82) is 0 Å². The molecule has 0 aliphatic rings. The Labute approximate surface area is 321 Å². The molecule has 0 fully saturated rings. The highest BCUT2D eigenvalue weighted by molar-refractivity contribution is 7.26. The van der Waals surface area contributed by atoms with Crippen molar-refractivity contribution in [3.8, 4) is 33.6 Å². The minimum atomic E-state index is 1.16. The Hall–Kier alpha value is -6.94. The number of benzene rings is 9. The lowest BCUT2D eigenvalue weighted by atomic mass is 10.00. The summed E-state index contributed by atoms with van der Waals surface area (Å²) in [6.07, 6.45) is 0. The Kier molecular flexibility index (Phi) is 6.54. The molecular weight excluding hydrogens is 685 g/mol. The molecule has 2 nitrogen and oxygen atoms in total. The van der Waals surface area contributed by atoms with Crippen LogP contribution >= 0.6 is 11.3 Å². The summed E-state index contributed by atoms with van der Waals surface area (Å²) in [7, 11) is 0. The third-order valence-corrected chi connectivity index (χ3v) is 12.7. The number of hydrogen-bond acceptors (Lipinski definition) is 1. The summed E-state index contributed by atoms with van der Waals surface area (Å²) in [5.41, 5.74) is 12.1. The van der Waals surface area contributed by atoms with Crippen LogP contribution in [0.4, 0.5) is 0 Å². The third kappa shape index (κ3) is 4.60. The fourth-order valence-corrected chi connectivity index (χ4v) is 10.2. The monoisotopic (exact) mass is 716 g/mol. The maximum atomic E-state index is 2.46. The van der Waals surface area contributed by atoms with E-state index in [1.807, 2.05) is 11.3 Å². The summed E-state index contributed by atoms with van der Waals surface area (Å²) < 4.78 is 7.50. The minimum absolute atomic E-state index is 1.16. The molecule has 0 bridgehead atoms. The van der Waals surface area contributed by atoms with E-state index in [-0.39, 0.29) is 0 Å². The number of hydrogen-bond donors (Lipinski definition) is 0. The molecule has 12 aromatic rings. The Morgan fingerprint density at radius 3 is 1.73 bits per heavy atom. The average molecular weight is 717 g/mol. The lowest BCUT2D eigenvalue weighted by Crippen LogP contribution is -1.94. The molecule has 0 unspecified atom stereocenters. The summed E-state index contributed by atoms with van der Waals surface area (Å²) in [6, 6.07) is 71.5. The van der Waals surface area contributed by atoms with E-state index in [2.05, 4.69) is 203 Å². The zero-order chi connectivity index (χ0) is 36.0. The highest BCUT2D eigenvalue weighted by atomic mass is 32.1. The molecule has 0 saturated carbocycles. The normalized spacial score (nSPS) is 12.0. The van der Waals surface area contributed by atoms with Crippen LogP contribution in [0.3, 0.4) is 0 Å². The lowest BCUT2D eigenvalue weighted by Gasteiger charge is -2.11. The van der Waals surface area contributed by atoms with Gasteiger partial charge in [0.15, 0.2) is 0 Å². The molecule has 256 valence electrons. The first kappa shape index (κ1) is 30.5. The van der Waals surface area contributed by atoms with Gasteiger partial charge in [-0.15, -0.1) is 11.3 Å². The molecule has 55 heavy (non-hydrogen) atoms. The van der Waals surface area contributed by atoms with Gasteiger partial charge in [0.25, 0.3) is 0 Å². The van der Waals surface area contributed by atoms with Crippen LogP contribution in [0.5, 0.6) is 0 Å². The van der Waals surface area contributed by atoms with Crippen LogP contribution in [0, 0.1) is 0 Å². The first-order valence-electron chi connectivity index (χ1n) is 18.8. The quantitative estimate of drug-likeness (QED) is 0.172. The van der Waals surface area contributed by atoms with Crippen molar-refractivity contribution in [2.45, 2.75) is 0 Å². The summed E-state index contributed by atoms with van der Waals surface area (Å²) in [4.78, 5) is 0. The van der Waals surface area contributed by atoms with E-state index in [9.17, 15) is 0 Å². The number of para-hydroxylation sites is 2. The van der Waals surface area contributed by atoms with Gasteiger partial charge in [0, 0.05) is 53.1 Å². The van der Waals surface area contributed by atoms with Gasteiger partial charge in [-0.3, -0.25) is 0 Å². The Morgan fingerprint density at radius 1 is 0.309 bits per heavy atom. The molecule has 0 radical (unpaired) electrons. The largest absolute Gasteiger partial charge is 0.309 e. The summed E-state index contributed by atoms with van der Waals surface area (Å²) in [6.45, 7) is 0. The molecule has 0 amide bonds. The molecule has 3 heteroatoms. The van der Waals surface area contributed by atoms with E-state index >= 15 is 0 Å². The molecule has 0 aliphatic heterocycles. The predicted octanol–water partition coefficient (Wildman–Crippen LogP) is 14.7. The number of nitrogens with zero attached hydrogens (tertiary/aromatic N) is 2. The molecule has 12 rings (SSSR count).